The molecule has 0 aliphatic heterocycles. The number of fused-ring (bicyclic) bond motifs is 8. The third kappa shape index (κ3) is 4.62. The maximum absolute atomic E-state index is 6.67. The first-order chi connectivity index (χ1) is 24.0. The Morgan fingerprint density at radius 2 is 1.26 bits per heavy atom. The molecule has 0 amide bonds. The average molecular weight is 654 g/mol. The highest BCUT2D eigenvalue weighted by atomic mass is 16.5. The molecule has 6 nitrogen and oxygen atoms in total. The van der Waals surface area contributed by atoms with Crippen LogP contribution < -0.4 is 4.74 Å². The molecule has 0 atom stereocenters. The van der Waals surface area contributed by atoms with E-state index >= 15 is 0 Å². The lowest BCUT2D eigenvalue weighted by molar-refractivity contribution is 0.483. The van der Waals surface area contributed by atoms with E-state index in [0.717, 1.165) is 67.3 Å². The maximum atomic E-state index is 6.67. The maximum Gasteiger partial charge on any atom is 0.220 e. The quantitative estimate of drug-likeness (QED) is 0.190. The fourth-order valence-corrected chi connectivity index (χ4v) is 7.30. The number of nitrogens with zero attached hydrogens (tertiary/aromatic N) is 5. The lowest BCUT2D eigenvalue weighted by Crippen LogP contribution is -2.12. The first-order valence-electron chi connectivity index (χ1n) is 17.2. The minimum atomic E-state index is 0.00485. The second-order valence-electron chi connectivity index (χ2n) is 14.7. The summed E-state index contributed by atoms with van der Waals surface area (Å²) < 4.78 is 13.5. The number of rotatable bonds is 4. The van der Waals surface area contributed by atoms with Crippen molar-refractivity contribution in [3.8, 4) is 23.0 Å². The Kier molecular flexibility index (Phi) is 6.53. The minimum Gasteiger partial charge on any atom is -0.457 e. The van der Waals surface area contributed by atoms with E-state index in [2.05, 4.69) is 159 Å². The molecule has 0 fully saturated rings. The number of imidazole rings is 2. The van der Waals surface area contributed by atoms with Crippen LogP contribution in [-0.4, -0.2) is 23.5 Å². The van der Waals surface area contributed by atoms with Gasteiger partial charge in [0.25, 0.3) is 0 Å². The molecule has 9 aromatic rings. The third-order valence-electron chi connectivity index (χ3n) is 10.3. The summed E-state index contributed by atoms with van der Waals surface area (Å²) >= 11 is 0. The van der Waals surface area contributed by atoms with E-state index in [1.165, 1.54) is 33.2 Å². The highest BCUT2D eigenvalue weighted by Crippen LogP contribution is 2.37. The van der Waals surface area contributed by atoms with Crippen LogP contribution in [0.4, 0.5) is 0 Å². The zero-order valence-corrected chi connectivity index (χ0v) is 29.5. The van der Waals surface area contributed by atoms with Crippen LogP contribution in [0.15, 0.2) is 109 Å². The third-order valence-corrected chi connectivity index (χ3v) is 10.3. The molecule has 0 aliphatic carbocycles. The zero-order valence-electron chi connectivity index (χ0n) is 29.5. The molecule has 9 rings (SSSR count). The number of ether oxygens (including phenoxy) is 1. The van der Waals surface area contributed by atoms with Crippen molar-refractivity contribution < 1.29 is 4.74 Å². The fourth-order valence-electron chi connectivity index (χ4n) is 7.30. The molecule has 0 N–H and O–H groups in total. The van der Waals surface area contributed by atoms with Gasteiger partial charge in [-0.15, -0.1) is 0 Å². The Morgan fingerprint density at radius 1 is 0.560 bits per heavy atom. The van der Waals surface area contributed by atoms with Crippen LogP contribution in [0.5, 0.6) is 11.5 Å². The number of aromatic nitrogens is 5. The van der Waals surface area contributed by atoms with Gasteiger partial charge in [0.2, 0.25) is 5.78 Å². The smallest absolute Gasteiger partial charge is 0.220 e. The van der Waals surface area contributed by atoms with E-state index in [4.69, 9.17) is 14.7 Å². The number of benzene rings is 5. The molecular formula is C44H39N5O. The SMILES string of the molecule is Cc1cc2nc3n(-c4cccc(Oc5ccc6c7ccccc7n(-c7cc(C(C)(C)C)ccn7)c6c5)c4)c4cc(C)c(C)cc4n3c2cc1C. The number of para-hydroxylation sites is 1. The molecule has 50 heavy (non-hydrogen) atoms. The van der Waals surface area contributed by atoms with Crippen LogP contribution in [0.2, 0.25) is 0 Å². The molecule has 0 aliphatic rings. The van der Waals surface area contributed by atoms with Gasteiger partial charge in [-0.3, -0.25) is 13.5 Å². The summed E-state index contributed by atoms with van der Waals surface area (Å²) in [5.74, 6) is 3.30. The van der Waals surface area contributed by atoms with Gasteiger partial charge >= 0.3 is 0 Å². The van der Waals surface area contributed by atoms with Gasteiger partial charge in [-0.1, -0.05) is 45.0 Å². The largest absolute Gasteiger partial charge is 0.457 e. The van der Waals surface area contributed by atoms with Gasteiger partial charge in [-0.25, -0.2) is 9.97 Å². The summed E-state index contributed by atoms with van der Waals surface area (Å²) in [5, 5.41) is 2.35. The molecule has 0 bridgehead atoms. The second-order valence-corrected chi connectivity index (χ2v) is 14.7. The molecule has 4 heterocycles. The van der Waals surface area contributed by atoms with E-state index < -0.39 is 0 Å². The number of hydrogen-bond donors (Lipinski definition) is 0. The predicted molar refractivity (Wildman–Crippen MR) is 206 cm³/mol. The Morgan fingerprint density at radius 3 is 2.06 bits per heavy atom. The van der Waals surface area contributed by atoms with Crippen molar-refractivity contribution in [3.05, 3.63) is 137 Å². The Labute approximate surface area is 291 Å². The molecule has 5 aromatic carbocycles. The van der Waals surface area contributed by atoms with Crippen LogP contribution in [-0.2, 0) is 5.41 Å². The van der Waals surface area contributed by atoms with Crippen molar-refractivity contribution in [2.45, 2.75) is 53.9 Å². The Bertz CT molecular complexity index is 2820. The number of hydrogen-bond acceptors (Lipinski definition) is 3. The highest BCUT2D eigenvalue weighted by Gasteiger charge is 2.21. The van der Waals surface area contributed by atoms with Crippen LogP contribution in [0.1, 0.15) is 48.6 Å². The Hall–Kier alpha value is -5.88. The van der Waals surface area contributed by atoms with Crippen molar-refractivity contribution in [2.24, 2.45) is 0 Å². The number of pyridine rings is 1. The van der Waals surface area contributed by atoms with Crippen LogP contribution in [0.3, 0.4) is 0 Å². The minimum absolute atomic E-state index is 0.00485. The Balaban J connectivity index is 1.19. The van der Waals surface area contributed by atoms with Gasteiger partial charge in [0.1, 0.15) is 17.3 Å². The summed E-state index contributed by atoms with van der Waals surface area (Å²) in [6.45, 7) is 15.4. The molecule has 0 unspecified atom stereocenters. The van der Waals surface area contributed by atoms with Crippen molar-refractivity contribution in [1.82, 2.24) is 23.5 Å². The summed E-state index contributed by atoms with van der Waals surface area (Å²) in [7, 11) is 0. The molecule has 0 spiro atoms. The van der Waals surface area contributed by atoms with Crippen LogP contribution in [0, 0.1) is 27.7 Å². The molecule has 246 valence electrons. The lowest BCUT2D eigenvalue weighted by Gasteiger charge is -2.20. The number of aryl methyl sites for hydroxylation is 4. The van der Waals surface area contributed by atoms with Gasteiger partial charge in [0, 0.05) is 29.1 Å². The fraction of sp³-hybridized carbons (Fsp3) is 0.182. The first kappa shape index (κ1) is 30.2. The molecule has 0 saturated carbocycles. The van der Waals surface area contributed by atoms with Gasteiger partial charge in [0.15, 0.2) is 0 Å². The summed E-state index contributed by atoms with van der Waals surface area (Å²) in [4.78, 5) is 10.0. The zero-order chi connectivity index (χ0) is 34.5. The normalized spacial score (nSPS) is 12.3. The van der Waals surface area contributed by atoms with Gasteiger partial charge < -0.3 is 4.74 Å². The summed E-state index contributed by atoms with van der Waals surface area (Å²) in [5.41, 5.74) is 13.8. The lowest BCUT2D eigenvalue weighted by atomic mass is 9.88. The van der Waals surface area contributed by atoms with E-state index in [1.807, 2.05) is 12.3 Å². The monoisotopic (exact) mass is 653 g/mol. The van der Waals surface area contributed by atoms with Crippen molar-refractivity contribution in [1.29, 1.82) is 0 Å². The van der Waals surface area contributed by atoms with Crippen LogP contribution in [0.25, 0.3) is 61.2 Å². The summed E-state index contributed by atoms with van der Waals surface area (Å²) in [6, 6.07) is 36.5. The van der Waals surface area contributed by atoms with Gasteiger partial charge in [-0.2, -0.15) is 0 Å². The van der Waals surface area contributed by atoms with E-state index in [-0.39, 0.29) is 5.41 Å². The highest BCUT2D eigenvalue weighted by molar-refractivity contribution is 6.09. The average Bonchev–Trinajstić information content (AvgIpc) is 3.71. The van der Waals surface area contributed by atoms with Crippen molar-refractivity contribution in [3.63, 3.8) is 0 Å². The van der Waals surface area contributed by atoms with Crippen molar-refractivity contribution >= 4 is 49.7 Å². The molecule has 0 saturated heterocycles. The standard InChI is InChI=1S/C44H39N5O/c1-26-19-36-39(20-27(26)2)49-41-22-29(4)28(3)21-40(41)47(43(49)46-36)31-11-10-12-32(24-31)50-33-15-16-35-34-13-8-9-14-37(34)48(38(35)25-33)42-23-30(17-18-45-42)44(5,6)7/h8-25H,1-7H3. The van der Waals surface area contributed by atoms with Crippen LogP contribution >= 0.6 is 0 Å². The molecule has 0 radical (unpaired) electrons. The predicted octanol–water partition coefficient (Wildman–Crippen LogP) is 11.2. The van der Waals surface area contributed by atoms with Crippen molar-refractivity contribution in [2.75, 3.05) is 0 Å². The molecular weight excluding hydrogens is 615 g/mol. The summed E-state index contributed by atoms with van der Waals surface area (Å²) in [6.07, 6.45) is 1.91. The first-order valence-corrected chi connectivity index (χ1v) is 17.2. The van der Waals surface area contributed by atoms with Gasteiger partial charge in [0.05, 0.1) is 38.8 Å². The van der Waals surface area contributed by atoms with Gasteiger partial charge in [-0.05, 0) is 128 Å². The topological polar surface area (TPSA) is 49.3 Å². The van der Waals surface area contributed by atoms with E-state index in [9.17, 15) is 0 Å². The van der Waals surface area contributed by atoms with E-state index in [1.54, 1.807) is 0 Å². The van der Waals surface area contributed by atoms with E-state index in [0.29, 0.717) is 0 Å². The molecule has 6 heteroatoms. The molecule has 4 aromatic heterocycles. The second kappa shape index (κ2) is 10.8.